The molecule has 2 rings (SSSR count). The third-order valence-electron chi connectivity index (χ3n) is 2.70. The second-order valence-corrected chi connectivity index (χ2v) is 3.90. The van der Waals surface area contributed by atoms with Gasteiger partial charge in [-0.3, -0.25) is 4.79 Å². The SMILES string of the molecule is Cl.O=C(Nc1ncccc1O)C1CCCNC1. The summed E-state index contributed by atoms with van der Waals surface area (Å²) in [5, 5.41) is 15.3. The highest BCUT2D eigenvalue weighted by Gasteiger charge is 2.21. The van der Waals surface area contributed by atoms with Crippen LogP contribution >= 0.6 is 12.4 Å². The van der Waals surface area contributed by atoms with E-state index in [4.69, 9.17) is 0 Å². The standard InChI is InChI=1S/C11H15N3O2.ClH/c15-9-4-2-6-13-10(9)14-11(16)8-3-1-5-12-7-8;/h2,4,6,8,12,15H,1,3,5,7H2,(H,13,14,16);1H. The van der Waals surface area contributed by atoms with Gasteiger partial charge in [-0.1, -0.05) is 0 Å². The number of carbonyl (C=O) groups is 1. The predicted molar refractivity (Wildman–Crippen MR) is 67.4 cm³/mol. The van der Waals surface area contributed by atoms with Crippen molar-refractivity contribution < 1.29 is 9.90 Å². The smallest absolute Gasteiger partial charge is 0.230 e. The summed E-state index contributed by atoms with van der Waals surface area (Å²) in [5.74, 6) is 0.119. The summed E-state index contributed by atoms with van der Waals surface area (Å²) in [6.45, 7) is 1.66. The first-order chi connectivity index (χ1) is 7.77. The molecule has 3 N–H and O–H groups in total. The van der Waals surface area contributed by atoms with Gasteiger partial charge >= 0.3 is 0 Å². The van der Waals surface area contributed by atoms with Gasteiger partial charge in [-0.25, -0.2) is 4.98 Å². The summed E-state index contributed by atoms with van der Waals surface area (Å²) in [4.78, 5) is 15.7. The lowest BCUT2D eigenvalue weighted by atomic mass is 9.99. The topological polar surface area (TPSA) is 74.2 Å². The molecular formula is C11H16ClN3O2. The number of hydrogen-bond donors (Lipinski definition) is 3. The van der Waals surface area contributed by atoms with Crippen LogP contribution in [0.2, 0.25) is 0 Å². The number of nitrogens with zero attached hydrogens (tertiary/aromatic N) is 1. The molecule has 1 fully saturated rings. The maximum Gasteiger partial charge on any atom is 0.230 e. The van der Waals surface area contributed by atoms with Crippen molar-refractivity contribution in [2.75, 3.05) is 18.4 Å². The van der Waals surface area contributed by atoms with E-state index >= 15 is 0 Å². The molecule has 6 heteroatoms. The van der Waals surface area contributed by atoms with Gasteiger partial charge in [0.1, 0.15) is 0 Å². The number of halogens is 1. The zero-order chi connectivity index (χ0) is 11.4. The van der Waals surface area contributed by atoms with E-state index in [2.05, 4.69) is 15.6 Å². The van der Waals surface area contributed by atoms with E-state index in [1.54, 1.807) is 6.07 Å². The van der Waals surface area contributed by atoms with E-state index in [9.17, 15) is 9.90 Å². The molecule has 1 aromatic rings. The van der Waals surface area contributed by atoms with Gasteiger partial charge in [-0.15, -0.1) is 12.4 Å². The number of carbonyl (C=O) groups excluding carboxylic acids is 1. The molecule has 0 radical (unpaired) electrons. The van der Waals surface area contributed by atoms with Crippen molar-refractivity contribution in [3.05, 3.63) is 18.3 Å². The lowest BCUT2D eigenvalue weighted by Crippen LogP contribution is -2.37. The largest absolute Gasteiger partial charge is 0.504 e. The van der Waals surface area contributed by atoms with E-state index in [1.165, 1.54) is 12.3 Å². The average Bonchev–Trinajstić information content (AvgIpc) is 2.33. The minimum Gasteiger partial charge on any atom is -0.504 e. The zero-order valence-electron chi connectivity index (χ0n) is 9.35. The quantitative estimate of drug-likeness (QED) is 0.743. The summed E-state index contributed by atoms with van der Waals surface area (Å²) in [6, 6.07) is 3.12. The third kappa shape index (κ3) is 3.57. The van der Waals surface area contributed by atoms with E-state index < -0.39 is 0 Å². The summed E-state index contributed by atoms with van der Waals surface area (Å²) in [5.41, 5.74) is 0. The Morgan fingerprint density at radius 1 is 1.59 bits per heavy atom. The first-order valence-corrected chi connectivity index (χ1v) is 5.43. The Balaban J connectivity index is 0.00000144. The molecule has 5 nitrogen and oxygen atoms in total. The Bertz CT molecular complexity index is 381. The fraction of sp³-hybridized carbons (Fsp3) is 0.455. The molecule has 1 saturated heterocycles. The minimum absolute atomic E-state index is 0. The number of hydrogen-bond acceptors (Lipinski definition) is 4. The van der Waals surface area contributed by atoms with Crippen molar-refractivity contribution in [3.63, 3.8) is 0 Å². The Hall–Kier alpha value is -1.33. The Labute approximate surface area is 106 Å². The maximum atomic E-state index is 11.8. The van der Waals surface area contributed by atoms with E-state index in [-0.39, 0.29) is 35.8 Å². The molecule has 0 spiro atoms. The molecule has 0 aromatic carbocycles. The van der Waals surface area contributed by atoms with E-state index in [1.807, 2.05) is 0 Å². The van der Waals surface area contributed by atoms with Crippen LogP contribution in [0.3, 0.4) is 0 Å². The van der Waals surface area contributed by atoms with Crippen LogP contribution in [0.1, 0.15) is 12.8 Å². The van der Waals surface area contributed by atoms with Gasteiger partial charge in [0.15, 0.2) is 11.6 Å². The van der Waals surface area contributed by atoms with Gasteiger partial charge in [0.05, 0.1) is 5.92 Å². The van der Waals surface area contributed by atoms with Crippen LogP contribution in [-0.4, -0.2) is 29.1 Å². The number of anilines is 1. The van der Waals surface area contributed by atoms with Gasteiger partial charge < -0.3 is 15.7 Å². The monoisotopic (exact) mass is 257 g/mol. The number of rotatable bonds is 2. The first-order valence-electron chi connectivity index (χ1n) is 5.43. The normalized spacial score (nSPS) is 19.2. The number of piperidine rings is 1. The molecule has 17 heavy (non-hydrogen) atoms. The molecule has 2 heterocycles. The number of amides is 1. The molecule has 0 aliphatic carbocycles. The van der Waals surface area contributed by atoms with Crippen molar-refractivity contribution in [3.8, 4) is 5.75 Å². The van der Waals surface area contributed by atoms with Crippen molar-refractivity contribution in [1.82, 2.24) is 10.3 Å². The zero-order valence-corrected chi connectivity index (χ0v) is 10.2. The molecule has 1 atom stereocenters. The highest BCUT2D eigenvalue weighted by Crippen LogP contribution is 2.20. The Kier molecular flexibility index (Phi) is 5.18. The van der Waals surface area contributed by atoms with Gasteiger partial charge in [0, 0.05) is 12.7 Å². The molecule has 94 valence electrons. The molecule has 1 unspecified atom stereocenters. The van der Waals surface area contributed by atoms with E-state index in [0.29, 0.717) is 6.54 Å². The van der Waals surface area contributed by atoms with Gasteiger partial charge in [0.2, 0.25) is 5.91 Å². The van der Waals surface area contributed by atoms with Crippen LogP contribution in [0, 0.1) is 5.92 Å². The molecule has 1 aromatic heterocycles. The van der Waals surface area contributed by atoms with Crippen LogP contribution in [0.25, 0.3) is 0 Å². The third-order valence-corrected chi connectivity index (χ3v) is 2.70. The molecule has 1 aliphatic rings. The van der Waals surface area contributed by atoms with Crippen LogP contribution < -0.4 is 10.6 Å². The lowest BCUT2D eigenvalue weighted by molar-refractivity contribution is -0.120. The molecule has 1 amide bonds. The second kappa shape index (κ2) is 6.42. The minimum atomic E-state index is -0.0822. The number of pyridine rings is 1. The molecule has 0 bridgehead atoms. The van der Waals surface area contributed by atoms with Gasteiger partial charge in [0.25, 0.3) is 0 Å². The highest BCUT2D eigenvalue weighted by atomic mass is 35.5. The molecule has 0 saturated carbocycles. The lowest BCUT2D eigenvalue weighted by Gasteiger charge is -2.21. The Morgan fingerprint density at radius 3 is 3.06 bits per heavy atom. The van der Waals surface area contributed by atoms with Gasteiger partial charge in [-0.2, -0.15) is 0 Å². The van der Waals surface area contributed by atoms with Crippen molar-refractivity contribution >= 4 is 24.1 Å². The number of aromatic nitrogens is 1. The molecule has 1 aliphatic heterocycles. The summed E-state index contributed by atoms with van der Waals surface area (Å²) in [6.07, 6.45) is 3.42. The number of aromatic hydroxyl groups is 1. The second-order valence-electron chi connectivity index (χ2n) is 3.90. The summed E-state index contributed by atoms with van der Waals surface area (Å²) in [7, 11) is 0. The predicted octanol–water partition coefficient (Wildman–Crippen LogP) is 1.15. The van der Waals surface area contributed by atoms with Crippen LogP contribution in [0.5, 0.6) is 5.75 Å². The van der Waals surface area contributed by atoms with Crippen molar-refractivity contribution in [2.24, 2.45) is 5.92 Å². The highest BCUT2D eigenvalue weighted by molar-refractivity contribution is 5.93. The summed E-state index contributed by atoms with van der Waals surface area (Å²) >= 11 is 0. The van der Waals surface area contributed by atoms with Crippen molar-refractivity contribution in [2.45, 2.75) is 12.8 Å². The maximum absolute atomic E-state index is 11.8. The van der Waals surface area contributed by atoms with Crippen LogP contribution in [0.15, 0.2) is 18.3 Å². The van der Waals surface area contributed by atoms with E-state index in [0.717, 1.165) is 19.4 Å². The van der Waals surface area contributed by atoms with Crippen LogP contribution in [0.4, 0.5) is 5.82 Å². The fourth-order valence-electron chi connectivity index (χ4n) is 1.79. The summed E-state index contributed by atoms with van der Waals surface area (Å²) < 4.78 is 0. The fourth-order valence-corrected chi connectivity index (χ4v) is 1.79. The first kappa shape index (κ1) is 13.7. The Morgan fingerprint density at radius 2 is 2.41 bits per heavy atom. The van der Waals surface area contributed by atoms with Crippen LogP contribution in [-0.2, 0) is 4.79 Å². The van der Waals surface area contributed by atoms with Crippen molar-refractivity contribution in [1.29, 1.82) is 0 Å². The van der Waals surface area contributed by atoms with Gasteiger partial charge in [-0.05, 0) is 31.5 Å². The average molecular weight is 258 g/mol. The number of nitrogens with one attached hydrogen (secondary N) is 2. The molecular weight excluding hydrogens is 242 g/mol.